The number of aliphatic carboxylic acids is 1. The number of hydrogen-bond acceptors (Lipinski definition) is 2. The van der Waals surface area contributed by atoms with E-state index in [1.54, 1.807) is 6.92 Å². The van der Waals surface area contributed by atoms with Crippen molar-refractivity contribution >= 4 is 23.6 Å². The summed E-state index contributed by atoms with van der Waals surface area (Å²) in [4.78, 5) is 10.9. The third kappa shape index (κ3) is 2.40. The van der Waals surface area contributed by atoms with E-state index in [0.717, 1.165) is 6.08 Å². The first-order chi connectivity index (χ1) is 8.71. The maximum absolute atomic E-state index is 12.8. The summed E-state index contributed by atoms with van der Waals surface area (Å²) < 4.78 is 43.0. The molecule has 0 spiro atoms. The first-order valence-electron chi connectivity index (χ1n) is 5.19. The minimum Gasteiger partial charge on any atom is -0.478 e. The highest BCUT2D eigenvalue weighted by molar-refractivity contribution is 6.33. The Labute approximate surface area is 111 Å². The third-order valence-electron chi connectivity index (χ3n) is 2.70. The molecule has 0 saturated heterocycles. The van der Waals surface area contributed by atoms with Crippen LogP contribution in [0.5, 0.6) is 5.75 Å². The molecule has 0 bridgehead atoms. The minimum atomic E-state index is -4.81. The Balaban J connectivity index is 2.61. The van der Waals surface area contributed by atoms with Gasteiger partial charge in [0.05, 0.1) is 10.6 Å². The zero-order valence-electron chi connectivity index (χ0n) is 9.58. The maximum atomic E-state index is 12.8. The number of carboxylic acids is 1. The molecule has 1 aliphatic heterocycles. The summed E-state index contributed by atoms with van der Waals surface area (Å²) in [5.74, 6) is -1.77. The van der Waals surface area contributed by atoms with Gasteiger partial charge in [0.1, 0.15) is 5.75 Å². The average molecular weight is 293 g/mol. The van der Waals surface area contributed by atoms with E-state index in [0.29, 0.717) is 5.56 Å². The molecule has 0 radical (unpaired) electrons. The molecule has 0 amide bonds. The summed E-state index contributed by atoms with van der Waals surface area (Å²) >= 11 is 5.94. The summed E-state index contributed by atoms with van der Waals surface area (Å²) in [5, 5.41) is 9.04. The maximum Gasteiger partial charge on any atom is 0.430 e. The van der Waals surface area contributed by atoms with E-state index in [9.17, 15) is 18.0 Å². The van der Waals surface area contributed by atoms with E-state index in [1.807, 2.05) is 0 Å². The molecule has 1 unspecified atom stereocenters. The van der Waals surface area contributed by atoms with Crippen molar-refractivity contribution in [3.63, 3.8) is 0 Å². The van der Waals surface area contributed by atoms with Gasteiger partial charge in [0.15, 0.2) is 0 Å². The Bertz CT molecular complexity index is 578. The predicted molar refractivity (Wildman–Crippen MR) is 62.3 cm³/mol. The average Bonchev–Trinajstić information content (AvgIpc) is 2.31. The van der Waals surface area contributed by atoms with Crippen LogP contribution in [0.3, 0.4) is 0 Å². The highest BCUT2D eigenvalue weighted by atomic mass is 35.5. The van der Waals surface area contributed by atoms with E-state index >= 15 is 0 Å². The molecule has 0 fully saturated rings. The Morgan fingerprint density at radius 2 is 2.05 bits per heavy atom. The zero-order chi connectivity index (χ0) is 14.4. The molecule has 1 aromatic rings. The van der Waals surface area contributed by atoms with Crippen molar-refractivity contribution in [1.82, 2.24) is 0 Å². The molecule has 1 N–H and O–H groups in total. The van der Waals surface area contributed by atoms with Gasteiger partial charge in [-0.25, -0.2) is 4.79 Å². The summed E-state index contributed by atoms with van der Waals surface area (Å²) in [6.07, 6.45) is -6.38. The van der Waals surface area contributed by atoms with Crippen LogP contribution in [0.1, 0.15) is 11.1 Å². The number of benzene rings is 1. The first-order valence-corrected chi connectivity index (χ1v) is 5.57. The van der Waals surface area contributed by atoms with Gasteiger partial charge in [-0.1, -0.05) is 17.7 Å². The molecule has 1 atom stereocenters. The van der Waals surface area contributed by atoms with Crippen molar-refractivity contribution in [1.29, 1.82) is 0 Å². The molecule has 1 aromatic carbocycles. The molecule has 0 aromatic heterocycles. The highest BCUT2D eigenvalue weighted by Gasteiger charge is 2.48. The molecule has 2 rings (SSSR count). The van der Waals surface area contributed by atoms with Crippen LogP contribution in [0.4, 0.5) is 13.2 Å². The molecule has 1 aliphatic rings. The molecule has 102 valence electrons. The summed E-state index contributed by atoms with van der Waals surface area (Å²) in [5.41, 5.74) is -0.109. The van der Waals surface area contributed by atoms with Gasteiger partial charge in [-0.3, -0.25) is 0 Å². The number of hydrogen-bond donors (Lipinski definition) is 1. The topological polar surface area (TPSA) is 46.5 Å². The van der Waals surface area contributed by atoms with Gasteiger partial charge < -0.3 is 9.84 Å². The highest BCUT2D eigenvalue weighted by Crippen LogP contribution is 2.40. The summed E-state index contributed by atoms with van der Waals surface area (Å²) in [6.45, 7) is 1.66. The fourth-order valence-electron chi connectivity index (χ4n) is 1.76. The van der Waals surface area contributed by atoms with Crippen LogP contribution in [0, 0.1) is 6.92 Å². The molecule has 0 aliphatic carbocycles. The Morgan fingerprint density at radius 3 is 2.58 bits per heavy atom. The largest absolute Gasteiger partial charge is 0.478 e. The van der Waals surface area contributed by atoms with Crippen LogP contribution in [0.25, 0.3) is 6.08 Å². The third-order valence-corrected chi connectivity index (χ3v) is 3.21. The van der Waals surface area contributed by atoms with Crippen LogP contribution in [-0.2, 0) is 4.79 Å². The van der Waals surface area contributed by atoms with Crippen molar-refractivity contribution in [2.24, 2.45) is 0 Å². The van der Waals surface area contributed by atoms with Crippen LogP contribution in [-0.4, -0.2) is 23.4 Å². The number of carbonyl (C=O) groups is 1. The van der Waals surface area contributed by atoms with Crippen molar-refractivity contribution in [2.75, 3.05) is 0 Å². The minimum absolute atomic E-state index is 0.0806. The summed E-state index contributed by atoms with van der Waals surface area (Å²) in [6, 6.07) is 2.85. The van der Waals surface area contributed by atoms with Crippen LogP contribution < -0.4 is 4.74 Å². The lowest BCUT2D eigenvalue weighted by Crippen LogP contribution is -2.40. The molecular formula is C12H8ClF3O3. The van der Waals surface area contributed by atoms with E-state index < -0.39 is 23.8 Å². The van der Waals surface area contributed by atoms with Gasteiger partial charge in [-0.15, -0.1) is 0 Å². The number of ether oxygens (including phenoxy) is 1. The fourth-order valence-corrected chi connectivity index (χ4v) is 1.97. The Hall–Kier alpha value is -1.69. The van der Waals surface area contributed by atoms with E-state index in [2.05, 4.69) is 0 Å². The quantitative estimate of drug-likeness (QED) is 0.862. The normalized spacial score (nSPS) is 18.4. The van der Waals surface area contributed by atoms with Gasteiger partial charge in [-0.2, -0.15) is 13.2 Å². The number of aryl methyl sites for hydroxylation is 1. The second-order valence-corrected chi connectivity index (χ2v) is 4.43. The molecule has 3 nitrogen and oxygen atoms in total. The lowest BCUT2D eigenvalue weighted by molar-refractivity contribution is -0.187. The number of fused-ring (bicyclic) bond motifs is 1. The summed E-state index contributed by atoms with van der Waals surface area (Å²) in [7, 11) is 0. The smallest absolute Gasteiger partial charge is 0.430 e. The van der Waals surface area contributed by atoms with Gasteiger partial charge in [-0.05, 0) is 24.6 Å². The van der Waals surface area contributed by atoms with Gasteiger partial charge in [0, 0.05) is 5.56 Å². The monoisotopic (exact) mass is 292 g/mol. The van der Waals surface area contributed by atoms with Crippen molar-refractivity contribution in [3.8, 4) is 5.75 Å². The van der Waals surface area contributed by atoms with E-state index in [-0.39, 0.29) is 16.3 Å². The first kappa shape index (κ1) is 13.7. The Morgan fingerprint density at radius 1 is 1.42 bits per heavy atom. The number of rotatable bonds is 1. The predicted octanol–water partition coefficient (Wildman–Crippen LogP) is 3.44. The molecule has 19 heavy (non-hydrogen) atoms. The van der Waals surface area contributed by atoms with Gasteiger partial charge >= 0.3 is 12.1 Å². The second kappa shape index (κ2) is 4.45. The molecular weight excluding hydrogens is 285 g/mol. The van der Waals surface area contributed by atoms with E-state index in [1.165, 1.54) is 12.1 Å². The van der Waals surface area contributed by atoms with Crippen molar-refractivity contribution < 1.29 is 27.8 Å². The molecule has 0 saturated carbocycles. The lowest BCUT2D eigenvalue weighted by Gasteiger charge is -2.27. The van der Waals surface area contributed by atoms with Crippen LogP contribution in [0.2, 0.25) is 5.02 Å². The van der Waals surface area contributed by atoms with Crippen LogP contribution >= 0.6 is 11.6 Å². The van der Waals surface area contributed by atoms with Gasteiger partial charge in [0.25, 0.3) is 0 Å². The standard InChI is InChI=1S/C12H8ClF3O3/c1-5-2-3-8-6(9(5)13)4-7(11(17)18)10(19-8)12(14,15)16/h2-4,10H,1H3,(H,17,18). The Kier molecular flexibility index (Phi) is 3.22. The number of carboxylic acid groups (broad SMARTS) is 1. The fraction of sp³-hybridized carbons (Fsp3) is 0.250. The number of halogens is 4. The zero-order valence-corrected chi connectivity index (χ0v) is 10.3. The number of alkyl halides is 3. The molecule has 1 heterocycles. The van der Waals surface area contributed by atoms with Crippen LogP contribution in [0.15, 0.2) is 17.7 Å². The second-order valence-electron chi connectivity index (χ2n) is 4.05. The SMILES string of the molecule is Cc1ccc2c(c1Cl)C=C(C(=O)O)C(C(F)(F)F)O2. The van der Waals surface area contributed by atoms with Crippen molar-refractivity contribution in [3.05, 3.63) is 33.9 Å². The van der Waals surface area contributed by atoms with Gasteiger partial charge in [0.2, 0.25) is 6.10 Å². The van der Waals surface area contributed by atoms with E-state index in [4.69, 9.17) is 21.4 Å². The molecule has 7 heteroatoms. The lowest BCUT2D eigenvalue weighted by atomic mass is 10.00. The van der Waals surface area contributed by atoms with Crippen molar-refractivity contribution in [2.45, 2.75) is 19.2 Å².